The maximum atomic E-state index is 13.1. The number of carbonyl (C=O) groups excluding carboxylic acids is 1. The minimum Gasteiger partial charge on any atom is -0.480 e. The van der Waals surface area contributed by atoms with Crippen LogP contribution in [0.25, 0.3) is 10.8 Å². The van der Waals surface area contributed by atoms with Gasteiger partial charge in [-0.25, -0.2) is 22.7 Å². The Balaban J connectivity index is 1.84. The molecule has 0 aromatic heterocycles. The molecule has 278 valence electrons. The molecule has 2 aromatic rings. The molecule has 50 heavy (non-hydrogen) atoms. The van der Waals surface area contributed by atoms with Crippen molar-refractivity contribution >= 4 is 56.3 Å². The molecule has 0 radical (unpaired) electrons. The van der Waals surface area contributed by atoms with E-state index in [1.807, 2.05) is 37.2 Å². The van der Waals surface area contributed by atoms with Crippen LogP contribution in [0.1, 0.15) is 25.7 Å². The van der Waals surface area contributed by atoms with Crippen LogP contribution in [0.4, 0.5) is 5.69 Å². The fraction of sp³-hybridized carbons (Fsp3) is 0.531. The van der Waals surface area contributed by atoms with E-state index in [-0.39, 0.29) is 44.2 Å². The van der Waals surface area contributed by atoms with Crippen molar-refractivity contribution in [1.82, 2.24) is 20.3 Å². The lowest BCUT2D eigenvalue weighted by Crippen LogP contribution is -2.59. The van der Waals surface area contributed by atoms with Crippen LogP contribution in [0.15, 0.2) is 41.3 Å². The van der Waals surface area contributed by atoms with Gasteiger partial charge in [-0.3, -0.25) is 19.3 Å². The van der Waals surface area contributed by atoms with Crippen LogP contribution in [-0.4, -0.2) is 154 Å². The van der Waals surface area contributed by atoms with E-state index >= 15 is 0 Å². The van der Waals surface area contributed by atoms with E-state index in [9.17, 15) is 47.7 Å². The van der Waals surface area contributed by atoms with Crippen molar-refractivity contribution in [2.24, 2.45) is 0 Å². The van der Waals surface area contributed by atoms with E-state index in [0.717, 1.165) is 11.1 Å². The van der Waals surface area contributed by atoms with Gasteiger partial charge < -0.3 is 40.4 Å². The number of rotatable bonds is 26. The van der Waals surface area contributed by atoms with E-state index in [1.54, 1.807) is 18.2 Å². The first-order valence-corrected chi connectivity index (χ1v) is 17.6. The number of aliphatic carboxylic acids is 4. The number of carboxylic acid groups (broad SMARTS) is 4. The number of amides is 1. The van der Waals surface area contributed by atoms with Gasteiger partial charge >= 0.3 is 23.9 Å². The molecule has 17 nitrogen and oxygen atoms in total. The Kier molecular flexibility index (Phi) is 17.0. The fourth-order valence-electron chi connectivity index (χ4n) is 5.59. The number of nitrogens with zero attached hydrogens (tertiary/aromatic N) is 3. The van der Waals surface area contributed by atoms with E-state index in [1.165, 1.54) is 4.90 Å². The molecule has 1 amide bonds. The Morgan fingerprint density at radius 2 is 1.34 bits per heavy atom. The molecule has 0 atom stereocenters. The number of nitrogens with one attached hydrogen (secondary N) is 3. The summed E-state index contributed by atoms with van der Waals surface area (Å²) in [7, 11) is 0.0385. The summed E-state index contributed by atoms with van der Waals surface area (Å²) in [5.74, 6) is -5.41. The minimum atomic E-state index is -3.75. The number of fused-ring (bicyclic) bond motifs is 1. The largest absolute Gasteiger partial charge is 0.480 e. The zero-order chi connectivity index (χ0) is 37.3. The molecule has 0 fully saturated rings. The van der Waals surface area contributed by atoms with Crippen molar-refractivity contribution < 1.29 is 57.3 Å². The second-order valence-corrected chi connectivity index (χ2v) is 14.0. The zero-order valence-electron chi connectivity index (χ0n) is 28.5. The van der Waals surface area contributed by atoms with Crippen molar-refractivity contribution in [3.8, 4) is 0 Å². The Hall–Kier alpha value is -4.36. The Bertz CT molecular complexity index is 1570. The van der Waals surface area contributed by atoms with Gasteiger partial charge in [0.15, 0.2) is 13.1 Å². The van der Waals surface area contributed by atoms with Crippen LogP contribution in [0, 0.1) is 0 Å². The summed E-state index contributed by atoms with van der Waals surface area (Å²) in [6, 6.07) is 10.7. The number of unbranched alkanes of at least 4 members (excludes halogenated alkanes) is 3. The third kappa shape index (κ3) is 14.6. The van der Waals surface area contributed by atoms with Gasteiger partial charge in [-0.05, 0) is 25.0 Å². The second kappa shape index (κ2) is 20.3. The quantitative estimate of drug-likeness (QED) is 0.0495. The summed E-state index contributed by atoms with van der Waals surface area (Å²) in [6.45, 7) is -2.22. The molecule has 0 bridgehead atoms. The minimum absolute atomic E-state index is 0.000175. The van der Waals surface area contributed by atoms with Crippen molar-refractivity contribution in [2.45, 2.75) is 30.6 Å². The molecule has 0 heterocycles. The molecule has 7 N–H and O–H groups in total. The monoisotopic (exact) mass is 725 g/mol. The summed E-state index contributed by atoms with van der Waals surface area (Å²) < 4.78 is 28.3. The van der Waals surface area contributed by atoms with E-state index in [2.05, 4.69) is 15.4 Å². The van der Waals surface area contributed by atoms with Gasteiger partial charge in [0.1, 0.15) is 0 Å². The van der Waals surface area contributed by atoms with Gasteiger partial charge in [-0.1, -0.05) is 37.1 Å². The average molecular weight is 726 g/mol. The molecule has 0 aliphatic carbocycles. The summed E-state index contributed by atoms with van der Waals surface area (Å²) in [4.78, 5) is 61.6. The van der Waals surface area contributed by atoms with Gasteiger partial charge in [-0.2, -0.15) is 0 Å². The highest BCUT2D eigenvalue weighted by atomic mass is 32.2. The fourth-order valence-corrected chi connectivity index (χ4v) is 6.89. The molecular formula is C32H49N6O11S+. The standard InChI is InChI=1S/C32H48N6O11S/c1-36(2)26-11-7-10-25-24(26)9-8-12-27(25)50(48,49)35-14-6-4-3-5-13-34-28(39)20-37(21-30(42)43)16-18-38(22-31(44)45,23-32(46)47)17-15-33-19-29(40)41/h7-12,33,35H,3-6,13-23H2,1-2H3,(H4-,34,39,40,41,42,43,44,45,46,47)/p+1. The number of benzene rings is 2. The van der Waals surface area contributed by atoms with Crippen LogP contribution in [0.3, 0.4) is 0 Å². The zero-order valence-corrected chi connectivity index (χ0v) is 29.3. The van der Waals surface area contributed by atoms with Crippen LogP contribution in [0.2, 0.25) is 0 Å². The van der Waals surface area contributed by atoms with Gasteiger partial charge in [-0.15, -0.1) is 0 Å². The lowest BCUT2D eigenvalue weighted by Gasteiger charge is -2.37. The highest BCUT2D eigenvalue weighted by Crippen LogP contribution is 2.30. The van der Waals surface area contributed by atoms with Crippen molar-refractivity contribution in [1.29, 1.82) is 0 Å². The number of quaternary nitrogens is 1. The lowest BCUT2D eigenvalue weighted by molar-refractivity contribution is -0.912. The summed E-state index contributed by atoms with van der Waals surface area (Å²) in [5.41, 5.74) is 0.911. The number of anilines is 1. The maximum Gasteiger partial charge on any atom is 0.359 e. The topological polar surface area (TPSA) is 243 Å². The van der Waals surface area contributed by atoms with Crippen LogP contribution in [-0.2, 0) is 34.0 Å². The number of carbonyl (C=O) groups is 5. The Morgan fingerprint density at radius 1 is 0.720 bits per heavy atom. The van der Waals surface area contributed by atoms with E-state index in [0.29, 0.717) is 37.6 Å². The third-order valence-electron chi connectivity index (χ3n) is 7.95. The lowest BCUT2D eigenvalue weighted by atomic mass is 10.1. The first kappa shape index (κ1) is 41.8. The number of carboxylic acids is 4. The first-order valence-electron chi connectivity index (χ1n) is 16.2. The van der Waals surface area contributed by atoms with Gasteiger partial charge in [0.25, 0.3) is 0 Å². The molecule has 0 unspecified atom stereocenters. The van der Waals surface area contributed by atoms with Crippen molar-refractivity contribution in [3.05, 3.63) is 36.4 Å². The van der Waals surface area contributed by atoms with E-state index < -0.39 is 70.5 Å². The third-order valence-corrected chi connectivity index (χ3v) is 9.46. The van der Waals surface area contributed by atoms with Crippen LogP contribution >= 0.6 is 0 Å². The first-order chi connectivity index (χ1) is 23.5. The summed E-state index contributed by atoms with van der Waals surface area (Å²) >= 11 is 0. The van der Waals surface area contributed by atoms with Crippen molar-refractivity contribution in [2.75, 3.05) is 91.0 Å². The molecule has 18 heteroatoms. The molecule has 2 aromatic carbocycles. The summed E-state index contributed by atoms with van der Waals surface area (Å²) in [6.07, 6.45) is 2.56. The molecular weight excluding hydrogens is 676 g/mol. The summed E-state index contributed by atoms with van der Waals surface area (Å²) in [5, 5.41) is 43.9. The Morgan fingerprint density at radius 3 is 1.94 bits per heavy atom. The molecule has 0 aliphatic heterocycles. The molecule has 0 aliphatic rings. The number of sulfonamides is 1. The van der Waals surface area contributed by atoms with Gasteiger partial charge in [0, 0.05) is 56.7 Å². The van der Waals surface area contributed by atoms with Gasteiger partial charge in [0.05, 0.1) is 37.6 Å². The molecule has 0 saturated heterocycles. The molecule has 0 spiro atoms. The highest BCUT2D eigenvalue weighted by molar-refractivity contribution is 7.89. The average Bonchev–Trinajstić information content (AvgIpc) is 3.01. The van der Waals surface area contributed by atoms with Gasteiger partial charge in [0.2, 0.25) is 15.9 Å². The SMILES string of the molecule is CN(C)c1cccc2c(S(=O)(=O)NCCCCCCNC(=O)CN(CC[N+](CCNCC(=O)O)(CC(=O)O)CC(=O)O)CC(=O)O)cccc12. The molecule has 2 rings (SSSR count). The predicted octanol–water partition coefficient (Wildman–Crippen LogP) is -0.0925. The normalized spacial score (nSPS) is 11.8. The van der Waals surface area contributed by atoms with E-state index in [4.69, 9.17) is 5.11 Å². The number of hydrogen-bond acceptors (Lipinski definition) is 10. The number of hydrogen-bond donors (Lipinski definition) is 7. The van der Waals surface area contributed by atoms with Crippen LogP contribution in [0.5, 0.6) is 0 Å². The smallest absolute Gasteiger partial charge is 0.359 e. The second-order valence-electron chi connectivity index (χ2n) is 12.3. The predicted molar refractivity (Wildman–Crippen MR) is 185 cm³/mol. The highest BCUT2D eigenvalue weighted by Gasteiger charge is 2.34. The molecule has 0 saturated carbocycles. The van der Waals surface area contributed by atoms with Crippen LogP contribution < -0.4 is 20.3 Å². The van der Waals surface area contributed by atoms with Crippen molar-refractivity contribution in [3.63, 3.8) is 0 Å². The Labute approximate surface area is 291 Å². The maximum absolute atomic E-state index is 13.1.